The second-order valence-corrected chi connectivity index (χ2v) is 34.6. The smallest absolute Gasteiger partial charge is 0.345 e. The molecule has 0 spiro atoms. The molecule has 688 valence electrons. The van der Waals surface area contributed by atoms with Crippen LogP contribution in [-0.2, 0) is 84.1 Å². The first-order valence-corrected chi connectivity index (χ1v) is 43.6. The molecule has 0 fully saturated rings. The van der Waals surface area contributed by atoms with Gasteiger partial charge in [0.2, 0.25) is 0 Å². The molecule has 15 heterocycles. The second kappa shape index (κ2) is 35.9. The SMILES string of the molecule is CCc1c(-c2ccc3c(c2)cc2n3CC(N)C2)[nH]c(=O)c(C(=O)O)c1O.CCc1c(-c2ccc3c(c2)cc2n3CC(NC)C2)[nH]c(=O)c(C(=O)O)c1O.CCc1c(-c2ccc3c(c2)cc2n3CCC(N)C2)[nH]c(=O)c(C(=O)O)c1O.CNC1Cc2cc3cc(-c4[nH]c(=O)c(C(=O)O)c(O)c4C)ccc3n2C1.Cc1c(-c2ccc3c(c2)cc2n3CC(N(C)C)C2)[nH]c(=O)c(C(=O)O)c1O. The number of nitrogens with two attached hydrogens (primary N) is 2. The fourth-order valence-electron chi connectivity index (χ4n) is 19.5. The Morgan fingerprint density at radius 1 is 0.361 bits per heavy atom. The lowest BCUT2D eigenvalue weighted by atomic mass is 9.99. The molecule has 15 aromatic rings. The molecular formula is C98H101N15O20. The van der Waals surface area contributed by atoms with Gasteiger partial charge in [0, 0.05) is 206 Å². The largest absolute Gasteiger partial charge is 0.506 e. The molecule has 5 unspecified atom stereocenters. The summed E-state index contributed by atoms with van der Waals surface area (Å²) in [4.78, 5) is 132. The van der Waals surface area contributed by atoms with E-state index in [0.717, 1.165) is 154 Å². The van der Waals surface area contributed by atoms with Gasteiger partial charge in [-0.25, -0.2) is 24.0 Å². The molecule has 10 aromatic heterocycles. The van der Waals surface area contributed by atoms with Crippen LogP contribution in [0.25, 0.3) is 111 Å². The van der Waals surface area contributed by atoms with E-state index in [0.29, 0.717) is 93.7 Å². The summed E-state index contributed by atoms with van der Waals surface area (Å²) in [6.07, 6.45) is 6.68. The van der Waals surface area contributed by atoms with Gasteiger partial charge in [0.05, 0.1) is 28.5 Å². The number of hydrogen-bond acceptors (Lipinski definition) is 20. The molecule has 21 N–H and O–H groups in total. The average molecular weight is 1810 g/mol. The molecule has 20 rings (SSSR count). The minimum Gasteiger partial charge on any atom is -0.506 e. The number of benzene rings is 5. The molecule has 133 heavy (non-hydrogen) atoms. The van der Waals surface area contributed by atoms with Crippen LogP contribution in [0.15, 0.2) is 145 Å². The van der Waals surface area contributed by atoms with Crippen molar-refractivity contribution in [2.24, 2.45) is 11.5 Å². The van der Waals surface area contributed by atoms with Gasteiger partial charge in [-0.15, -0.1) is 0 Å². The molecule has 35 heteroatoms. The summed E-state index contributed by atoms with van der Waals surface area (Å²) in [5.41, 5.74) is 24.5. The number of rotatable bonds is 16. The number of nitrogens with one attached hydrogen (secondary N) is 7. The standard InChI is InChI=1S/3C20H21N3O4.2C19H19N3O4/c1-10-17(21-19(25)16(18(10)24)20(26)27)11-4-5-15-12(6-11)7-13-8-14(22(2)3)9-23(13)15;1-3-14-17(22-19(25)16(18(14)24)20(26)27)10-4-5-15-11(6-10)7-13-8-12(21-2)9-23(13)15;1-2-14-17(22-19(25)16(18(14)24)20(26)27)10-3-4-15-11(7-10)8-13-9-12(21)5-6-23(13)15;1-9-16(21-18(24)15(17(9)23)19(25)26)10-3-4-14-11(5-10)6-13-7-12(20-2)8-22(13)14;1-2-13-16(21-18(24)15(17(13)23)19(25)26)9-3-4-14-10(5-9)6-12-7-11(20)8-22(12)14/h4-7,14H,8-9H2,1-3H3,(H,26,27)(H2,21,24,25);4-7,12,21H,3,8-9H2,1-2H3,(H,26,27)(H2,22,24,25);3-4,7-8,12H,2,5-6,9,21H2,1H3,(H,26,27)(H2,22,24,25);3-6,12,20H,7-8H2,1-2H3,(H,25,26)(H2,21,23,24);3-6,11H,2,7-8,20H2,1H3,(H,25,26)(H2,21,23,24). The molecule has 5 aliphatic rings. The Hall–Kier alpha value is -15.3. The minimum absolute atomic E-state index is 0.137. The average Bonchev–Trinajstić information content (AvgIpc) is 1.64. The van der Waals surface area contributed by atoms with E-state index >= 15 is 0 Å². The lowest BCUT2D eigenvalue weighted by Crippen LogP contribution is -2.30. The van der Waals surface area contributed by atoms with Crippen LogP contribution in [0.1, 0.15) is 135 Å². The highest BCUT2D eigenvalue weighted by atomic mass is 16.4. The quantitative estimate of drug-likeness (QED) is 0.0427. The number of aryl methyl sites for hydroxylation is 1. The Balaban J connectivity index is 0.000000121. The van der Waals surface area contributed by atoms with Crippen LogP contribution in [0.3, 0.4) is 0 Å². The first-order valence-electron chi connectivity index (χ1n) is 43.6. The van der Waals surface area contributed by atoms with Gasteiger partial charge in [0.15, 0.2) is 27.8 Å². The van der Waals surface area contributed by atoms with Gasteiger partial charge < -0.3 is 126 Å². The summed E-state index contributed by atoms with van der Waals surface area (Å²) in [5, 5.41) is 109. The number of aromatic carboxylic acids is 5. The summed E-state index contributed by atoms with van der Waals surface area (Å²) in [5.74, 6) is -9.59. The van der Waals surface area contributed by atoms with E-state index in [1.807, 2.05) is 112 Å². The summed E-state index contributed by atoms with van der Waals surface area (Å²) in [6.45, 7) is 13.0. The molecule has 0 aliphatic carbocycles. The lowest BCUT2D eigenvalue weighted by Gasteiger charge is -2.21. The highest BCUT2D eigenvalue weighted by Gasteiger charge is 2.33. The van der Waals surface area contributed by atoms with Crippen molar-refractivity contribution in [1.29, 1.82) is 0 Å². The van der Waals surface area contributed by atoms with Gasteiger partial charge in [-0.05, 0) is 187 Å². The van der Waals surface area contributed by atoms with E-state index in [9.17, 15) is 83.7 Å². The van der Waals surface area contributed by atoms with Crippen molar-refractivity contribution >= 4 is 84.4 Å². The van der Waals surface area contributed by atoms with Crippen LogP contribution in [0.2, 0.25) is 0 Å². The molecule has 0 saturated heterocycles. The maximum atomic E-state index is 12.2. The summed E-state index contributed by atoms with van der Waals surface area (Å²) in [6, 6.07) is 41.4. The molecule has 5 atom stereocenters. The molecule has 0 amide bonds. The topological polar surface area (TPSA) is 556 Å². The monoisotopic (exact) mass is 1810 g/mol. The first-order chi connectivity index (χ1) is 63.4. The first kappa shape index (κ1) is 91.0. The molecular weight excluding hydrogens is 1710 g/mol. The third kappa shape index (κ3) is 16.5. The fourth-order valence-corrected chi connectivity index (χ4v) is 19.5. The second-order valence-electron chi connectivity index (χ2n) is 34.6. The van der Waals surface area contributed by atoms with Crippen molar-refractivity contribution in [2.75, 3.05) is 28.2 Å². The van der Waals surface area contributed by atoms with Gasteiger partial charge in [-0.1, -0.05) is 51.1 Å². The number of carbonyl (C=O) groups is 5. The Morgan fingerprint density at radius 2 is 0.624 bits per heavy atom. The Kier molecular flexibility index (Phi) is 24.5. The number of nitrogens with zero attached hydrogens (tertiary/aromatic N) is 6. The van der Waals surface area contributed by atoms with E-state index in [2.05, 4.69) is 108 Å². The van der Waals surface area contributed by atoms with Crippen LogP contribution in [0, 0.1) is 13.8 Å². The zero-order chi connectivity index (χ0) is 95.2. The zero-order valence-corrected chi connectivity index (χ0v) is 74.2. The van der Waals surface area contributed by atoms with Crippen molar-refractivity contribution in [3.8, 4) is 85.0 Å². The van der Waals surface area contributed by atoms with Crippen molar-refractivity contribution in [3.63, 3.8) is 0 Å². The predicted octanol–water partition coefficient (Wildman–Crippen LogP) is 10.2. The summed E-state index contributed by atoms with van der Waals surface area (Å²) < 4.78 is 11.3. The number of hydrogen-bond donors (Lipinski definition) is 19. The number of carboxylic acid groups (broad SMARTS) is 5. The van der Waals surface area contributed by atoms with Gasteiger partial charge in [0.25, 0.3) is 27.8 Å². The number of pyridine rings is 5. The van der Waals surface area contributed by atoms with E-state index in [1.54, 1.807) is 27.7 Å². The van der Waals surface area contributed by atoms with Crippen LogP contribution >= 0.6 is 0 Å². The van der Waals surface area contributed by atoms with Gasteiger partial charge in [-0.3, -0.25) is 24.0 Å². The van der Waals surface area contributed by atoms with E-state index in [4.69, 9.17) is 26.8 Å². The minimum atomic E-state index is -1.45. The number of aromatic hydroxyl groups is 5. The maximum absolute atomic E-state index is 12.2. The fraction of sp³-hybridized carbons (Fsp3) is 0.286. The van der Waals surface area contributed by atoms with Gasteiger partial charge >= 0.3 is 29.8 Å². The van der Waals surface area contributed by atoms with E-state index in [-0.39, 0.29) is 12.1 Å². The predicted molar refractivity (Wildman–Crippen MR) is 503 cm³/mol. The molecule has 5 aromatic carbocycles. The molecule has 0 radical (unpaired) electrons. The van der Waals surface area contributed by atoms with Gasteiger partial charge in [0.1, 0.15) is 28.7 Å². The van der Waals surface area contributed by atoms with Crippen LogP contribution in [0.5, 0.6) is 28.7 Å². The van der Waals surface area contributed by atoms with Gasteiger partial charge in [-0.2, -0.15) is 0 Å². The molecule has 35 nitrogen and oxygen atoms in total. The summed E-state index contributed by atoms with van der Waals surface area (Å²) >= 11 is 0. The molecule has 0 bridgehead atoms. The molecule has 0 saturated carbocycles. The maximum Gasteiger partial charge on any atom is 0.345 e. The third-order valence-electron chi connectivity index (χ3n) is 26.4. The van der Waals surface area contributed by atoms with Crippen molar-refractivity contribution in [3.05, 3.63) is 257 Å². The normalized spacial score (nSPS) is 16.2. The third-order valence-corrected chi connectivity index (χ3v) is 26.4. The van der Waals surface area contributed by atoms with Crippen LogP contribution < -0.4 is 49.9 Å². The number of fused-ring (bicyclic) bond motifs is 15. The number of likely N-dealkylation sites (N-methyl/N-ethyl adjacent to an activating group) is 3. The number of H-pyrrole nitrogens is 5. The zero-order valence-electron chi connectivity index (χ0n) is 74.2. The van der Waals surface area contributed by atoms with Crippen LogP contribution in [-0.4, -0.2) is 192 Å². The Labute approximate surface area is 756 Å². The highest BCUT2D eigenvalue weighted by Crippen LogP contribution is 2.41. The van der Waals surface area contributed by atoms with Crippen molar-refractivity contribution in [1.82, 2.24) is 63.3 Å². The Bertz CT molecular complexity index is 7690. The van der Waals surface area contributed by atoms with Crippen molar-refractivity contribution < 1.29 is 75.0 Å². The van der Waals surface area contributed by atoms with Crippen LogP contribution in [0.4, 0.5) is 0 Å². The molecule has 5 aliphatic heterocycles. The lowest BCUT2D eigenvalue weighted by molar-refractivity contribution is 0.0680. The van der Waals surface area contributed by atoms with E-state index < -0.39 is 114 Å². The van der Waals surface area contributed by atoms with Crippen molar-refractivity contribution in [2.45, 2.75) is 155 Å². The highest BCUT2D eigenvalue weighted by molar-refractivity contribution is 5.98. The number of aromatic nitrogens is 10. The number of aromatic amines is 5. The van der Waals surface area contributed by atoms with E-state index in [1.165, 1.54) is 28.5 Å². The Morgan fingerprint density at radius 3 is 0.932 bits per heavy atom. The summed E-state index contributed by atoms with van der Waals surface area (Å²) in [7, 11) is 8.10. The number of carboxylic acids is 5.